The van der Waals surface area contributed by atoms with Gasteiger partial charge in [-0.1, -0.05) is 48.7 Å². The van der Waals surface area contributed by atoms with Gasteiger partial charge in [-0.25, -0.2) is 13.4 Å². The third kappa shape index (κ3) is 5.51. The smallest absolute Gasteiger partial charge is 0.243 e. The second-order valence-electron chi connectivity index (χ2n) is 7.31. The van der Waals surface area contributed by atoms with Crippen LogP contribution in [-0.2, 0) is 10.0 Å². The first-order valence-corrected chi connectivity index (χ1v) is 12.8. The van der Waals surface area contributed by atoms with Crippen LogP contribution in [0, 0.1) is 0 Å². The fourth-order valence-electron chi connectivity index (χ4n) is 3.42. The topological polar surface area (TPSA) is 74.7 Å². The number of anilines is 1. The van der Waals surface area contributed by atoms with E-state index in [1.807, 2.05) is 23.6 Å². The van der Waals surface area contributed by atoms with Crippen molar-refractivity contribution in [3.63, 3.8) is 0 Å². The number of benzene rings is 2. The number of hydrazone groups is 1. The maximum atomic E-state index is 13.1. The van der Waals surface area contributed by atoms with E-state index < -0.39 is 10.0 Å². The minimum atomic E-state index is -3.50. The van der Waals surface area contributed by atoms with Gasteiger partial charge in [0.05, 0.1) is 16.8 Å². The summed E-state index contributed by atoms with van der Waals surface area (Å²) in [4.78, 5) is 4.86. The molecule has 6 nitrogen and oxygen atoms in total. The second-order valence-corrected chi connectivity index (χ2v) is 10.5. The molecule has 2 aromatic carbocycles. The fourth-order valence-corrected chi connectivity index (χ4v) is 5.77. The fraction of sp³-hybridized carbons (Fsp3) is 0.273. The molecule has 0 unspecified atom stereocenters. The molecule has 0 spiro atoms. The Morgan fingerprint density at radius 3 is 2.55 bits per heavy atom. The van der Waals surface area contributed by atoms with Gasteiger partial charge in [-0.15, -0.1) is 11.3 Å². The number of aromatic nitrogens is 1. The Balaban J connectivity index is 1.48. The minimum Gasteiger partial charge on any atom is -0.253 e. The van der Waals surface area contributed by atoms with Gasteiger partial charge in [0.2, 0.25) is 15.2 Å². The molecule has 31 heavy (non-hydrogen) atoms. The van der Waals surface area contributed by atoms with Crippen LogP contribution in [0.15, 0.2) is 63.9 Å². The second kappa shape index (κ2) is 9.91. The molecule has 0 saturated carbocycles. The van der Waals surface area contributed by atoms with Gasteiger partial charge in [-0.3, -0.25) is 5.43 Å². The van der Waals surface area contributed by atoms with E-state index >= 15 is 0 Å². The Labute approximate surface area is 191 Å². The van der Waals surface area contributed by atoms with Crippen LogP contribution >= 0.6 is 22.9 Å². The zero-order valence-corrected chi connectivity index (χ0v) is 19.3. The lowest BCUT2D eigenvalue weighted by atomic mass is 10.2. The van der Waals surface area contributed by atoms with E-state index in [0.29, 0.717) is 33.8 Å². The van der Waals surface area contributed by atoms with Crippen LogP contribution in [-0.4, -0.2) is 37.0 Å². The predicted molar refractivity (Wildman–Crippen MR) is 127 cm³/mol. The summed E-state index contributed by atoms with van der Waals surface area (Å²) in [5.41, 5.74) is 5.31. The molecule has 1 aliphatic heterocycles. The van der Waals surface area contributed by atoms with Crippen LogP contribution in [0.4, 0.5) is 5.13 Å². The number of thiazole rings is 1. The summed E-state index contributed by atoms with van der Waals surface area (Å²) in [7, 11) is -3.50. The van der Waals surface area contributed by atoms with E-state index in [1.165, 1.54) is 11.3 Å². The van der Waals surface area contributed by atoms with Crippen LogP contribution in [0.5, 0.6) is 0 Å². The molecular formula is C22H23ClN4O2S2. The molecule has 0 bridgehead atoms. The Morgan fingerprint density at radius 2 is 1.81 bits per heavy atom. The van der Waals surface area contributed by atoms with Crippen molar-refractivity contribution in [2.45, 2.75) is 30.6 Å². The summed E-state index contributed by atoms with van der Waals surface area (Å²) in [5.74, 6) is 0. The molecule has 1 N–H and O–H groups in total. The van der Waals surface area contributed by atoms with Crippen molar-refractivity contribution < 1.29 is 8.42 Å². The summed E-state index contributed by atoms with van der Waals surface area (Å²) in [5, 5.41) is 7.39. The van der Waals surface area contributed by atoms with Crippen LogP contribution in [0.25, 0.3) is 11.3 Å². The molecule has 1 aromatic heterocycles. The lowest BCUT2D eigenvalue weighted by Crippen LogP contribution is -2.31. The monoisotopic (exact) mass is 474 g/mol. The van der Waals surface area contributed by atoms with Crippen LogP contribution in [0.2, 0.25) is 5.02 Å². The summed E-state index contributed by atoms with van der Waals surface area (Å²) < 4.78 is 27.8. The highest BCUT2D eigenvalue weighted by Crippen LogP contribution is 2.28. The van der Waals surface area contributed by atoms with Crippen LogP contribution in [0.1, 0.15) is 31.2 Å². The molecule has 0 radical (unpaired) electrons. The van der Waals surface area contributed by atoms with Gasteiger partial charge < -0.3 is 0 Å². The van der Waals surface area contributed by atoms with E-state index in [4.69, 9.17) is 11.6 Å². The molecule has 162 valence electrons. The Kier molecular flexibility index (Phi) is 7.02. The number of hydrogen-bond acceptors (Lipinski definition) is 6. The largest absolute Gasteiger partial charge is 0.253 e. The van der Waals surface area contributed by atoms with Gasteiger partial charge >= 0.3 is 0 Å². The highest BCUT2D eigenvalue weighted by molar-refractivity contribution is 7.89. The zero-order chi connectivity index (χ0) is 21.7. The molecule has 0 atom stereocenters. The standard InChI is InChI=1S/C22H23ClN4O2S2/c23-19-10-8-17(9-11-19)15-24-26-22-25-21(16-30-22)18-6-5-7-20(14-18)31(28,29)27-12-3-1-2-4-13-27/h5-11,14-16H,1-4,12-13H2,(H,25,26). The first-order chi connectivity index (χ1) is 15.0. The molecule has 1 saturated heterocycles. The Bertz CT molecular complexity index is 1150. The maximum Gasteiger partial charge on any atom is 0.243 e. The predicted octanol–water partition coefficient (Wildman–Crippen LogP) is 5.47. The third-order valence-corrected chi connectivity index (χ3v) is 7.97. The quantitative estimate of drug-likeness (QED) is 0.379. The van der Waals surface area contributed by atoms with E-state index in [9.17, 15) is 8.42 Å². The van der Waals surface area contributed by atoms with Gasteiger partial charge in [-0.2, -0.15) is 9.41 Å². The van der Waals surface area contributed by atoms with Crippen molar-refractivity contribution in [2.75, 3.05) is 18.5 Å². The number of nitrogens with one attached hydrogen (secondary N) is 1. The molecule has 9 heteroatoms. The average molecular weight is 475 g/mol. The van der Waals surface area contributed by atoms with Crippen molar-refractivity contribution in [1.29, 1.82) is 0 Å². The van der Waals surface area contributed by atoms with Crippen molar-refractivity contribution >= 4 is 44.3 Å². The number of rotatable bonds is 6. The van der Waals surface area contributed by atoms with Gasteiger partial charge in [0.25, 0.3) is 0 Å². The normalized spacial score (nSPS) is 15.8. The molecule has 3 aromatic rings. The number of halogens is 1. The zero-order valence-electron chi connectivity index (χ0n) is 16.9. The highest BCUT2D eigenvalue weighted by atomic mass is 35.5. The molecule has 1 fully saturated rings. The van der Waals surface area contributed by atoms with Gasteiger partial charge in [0.15, 0.2) is 0 Å². The van der Waals surface area contributed by atoms with Crippen molar-refractivity contribution in [2.24, 2.45) is 5.10 Å². The van der Waals surface area contributed by atoms with Crippen molar-refractivity contribution in [1.82, 2.24) is 9.29 Å². The average Bonchev–Trinajstić information content (AvgIpc) is 3.07. The van der Waals surface area contributed by atoms with Gasteiger partial charge in [0, 0.05) is 29.1 Å². The molecule has 0 aliphatic carbocycles. The van der Waals surface area contributed by atoms with E-state index in [1.54, 1.807) is 40.9 Å². The van der Waals surface area contributed by atoms with E-state index in [2.05, 4.69) is 15.5 Å². The Morgan fingerprint density at radius 1 is 1.06 bits per heavy atom. The molecule has 0 amide bonds. The highest BCUT2D eigenvalue weighted by Gasteiger charge is 2.25. The first-order valence-electron chi connectivity index (χ1n) is 10.1. The van der Waals surface area contributed by atoms with Crippen LogP contribution < -0.4 is 5.43 Å². The number of nitrogens with zero attached hydrogens (tertiary/aromatic N) is 3. The summed E-state index contributed by atoms with van der Waals surface area (Å²) in [6, 6.07) is 14.4. The molecule has 2 heterocycles. The SMILES string of the molecule is O=S(=O)(c1cccc(-c2csc(NN=Cc3ccc(Cl)cc3)n2)c1)N1CCCCCC1. The summed E-state index contributed by atoms with van der Waals surface area (Å²) in [6.45, 7) is 1.17. The third-order valence-electron chi connectivity index (χ3n) is 5.08. The lowest BCUT2D eigenvalue weighted by molar-refractivity contribution is 0.424. The lowest BCUT2D eigenvalue weighted by Gasteiger charge is -2.20. The van der Waals surface area contributed by atoms with E-state index in [0.717, 1.165) is 36.8 Å². The molecular weight excluding hydrogens is 452 g/mol. The van der Waals surface area contributed by atoms with Crippen LogP contribution in [0.3, 0.4) is 0 Å². The van der Waals surface area contributed by atoms with E-state index in [-0.39, 0.29) is 0 Å². The first kappa shape index (κ1) is 22.0. The molecule has 4 rings (SSSR count). The molecule has 1 aliphatic rings. The van der Waals surface area contributed by atoms with Crippen molar-refractivity contribution in [3.05, 3.63) is 64.5 Å². The van der Waals surface area contributed by atoms with Gasteiger partial charge in [-0.05, 0) is 42.7 Å². The Hall–Kier alpha value is -2.26. The number of hydrogen-bond donors (Lipinski definition) is 1. The summed E-state index contributed by atoms with van der Waals surface area (Å²) >= 11 is 7.29. The number of sulfonamides is 1. The minimum absolute atomic E-state index is 0.315. The maximum absolute atomic E-state index is 13.1. The summed E-state index contributed by atoms with van der Waals surface area (Å²) in [6.07, 6.45) is 5.68. The van der Waals surface area contributed by atoms with Gasteiger partial charge in [0.1, 0.15) is 0 Å². The van der Waals surface area contributed by atoms with Crippen molar-refractivity contribution in [3.8, 4) is 11.3 Å².